The Bertz CT molecular complexity index is 267. The van der Waals surface area contributed by atoms with Gasteiger partial charge in [0.25, 0.3) is 0 Å². The van der Waals surface area contributed by atoms with E-state index in [0.29, 0.717) is 6.54 Å². The molecule has 1 atom stereocenters. The summed E-state index contributed by atoms with van der Waals surface area (Å²) in [5.41, 5.74) is 5.16. The first-order valence-electron chi connectivity index (χ1n) is 5.09. The fraction of sp³-hybridized carbons (Fsp3) is 0.667. The summed E-state index contributed by atoms with van der Waals surface area (Å²) in [6.07, 6.45) is 0. The maximum atomic E-state index is 11.2. The summed E-state index contributed by atoms with van der Waals surface area (Å²) in [6, 6.07) is -0.740. The van der Waals surface area contributed by atoms with Crippen molar-refractivity contribution in [2.24, 2.45) is 5.73 Å². The average molecular weight is 230 g/mol. The topological polar surface area (TPSA) is 113 Å². The van der Waals surface area contributed by atoms with Crippen molar-refractivity contribution in [3.63, 3.8) is 0 Å². The predicted octanol–water partition coefficient (Wildman–Crippen LogP) is -2.30. The molecule has 5 N–H and O–H groups in total. The SMILES string of the molecule is CCNC(=O)C(C)NC(=O)C(=O)NCCN. The molecule has 0 rings (SSSR count). The van der Waals surface area contributed by atoms with Gasteiger partial charge in [0.2, 0.25) is 5.91 Å². The highest BCUT2D eigenvalue weighted by Crippen LogP contribution is 1.82. The van der Waals surface area contributed by atoms with Crippen molar-refractivity contribution < 1.29 is 14.4 Å². The van der Waals surface area contributed by atoms with Crippen LogP contribution in [-0.4, -0.2) is 43.4 Å². The van der Waals surface area contributed by atoms with Crippen LogP contribution in [0.25, 0.3) is 0 Å². The number of carbonyl (C=O) groups is 3. The summed E-state index contributed by atoms with van der Waals surface area (Å²) in [5, 5.41) is 7.10. The van der Waals surface area contributed by atoms with Gasteiger partial charge in [0.05, 0.1) is 0 Å². The maximum Gasteiger partial charge on any atom is 0.309 e. The highest BCUT2D eigenvalue weighted by Gasteiger charge is 2.19. The van der Waals surface area contributed by atoms with Crippen molar-refractivity contribution in [1.82, 2.24) is 16.0 Å². The molecule has 0 heterocycles. The third-order valence-electron chi connectivity index (χ3n) is 1.73. The summed E-state index contributed by atoms with van der Waals surface area (Å²) in [6.45, 7) is 4.21. The molecular formula is C9H18N4O3. The Balaban J connectivity index is 4.03. The van der Waals surface area contributed by atoms with Gasteiger partial charge >= 0.3 is 11.8 Å². The summed E-state index contributed by atoms with van der Waals surface area (Å²) in [5.74, 6) is -1.96. The van der Waals surface area contributed by atoms with Gasteiger partial charge in [-0.25, -0.2) is 0 Å². The van der Waals surface area contributed by atoms with Crippen LogP contribution in [0.4, 0.5) is 0 Å². The molecule has 7 nitrogen and oxygen atoms in total. The molecule has 0 saturated heterocycles. The molecule has 0 aliphatic heterocycles. The molecule has 92 valence electrons. The Morgan fingerprint density at radius 2 is 1.81 bits per heavy atom. The van der Waals surface area contributed by atoms with Gasteiger partial charge in [-0.3, -0.25) is 14.4 Å². The van der Waals surface area contributed by atoms with Crippen LogP contribution in [0.1, 0.15) is 13.8 Å². The number of hydrogen-bond donors (Lipinski definition) is 4. The molecule has 0 aromatic carbocycles. The molecule has 0 aliphatic carbocycles. The number of likely N-dealkylation sites (N-methyl/N-ethyl adjacent to an activating group) is 1. The largest absolute Gasteiger partial charge is 0.355 e. The molecular weight excluding hydrogens is 212 g/mol. The smallest absolute Gasteiger partial charge is 0.309 e. The number of amides is 3. The van der Waals surface area contributed by atoms with Gasteiger partial charge in [0.15, 0.2) is 0 Å². The quantitative estimate of drug-likeness (QED) is 0.398. The summed E-state index contributed by atoms with van der Waals surface area (Å²) in [7, 11) is 0. The average Bonchev–Trinajstić information content (AvgIpc) is 2.25. The van der Waals surface area contributed by atoms with Gasteiger partial charge < -0.3 is 21.7 Å². The third-order valence-corrected chi connectivity index (χ3v) is 1.73. The highest BCUT2D eigenvalue weighted by molar-refractivity contribution is 6.35. The van der Waals surface area contributed by atoms with Gasteiger partial charge in [-0.2, -0.15) is 0 Å². The predicted molar refractivity (Wildman–Crippen MR) is 58.4 cm³/mol. The lowest BCUT2D eigenvalue weighted by atomic mass is 10.3. The van der Waals surface area contributed by atoms with Gasteiger partial charge in [-0.05, 0) is 13.8 Å². The van der Waals surface area contributed by atoms with Crippen LogP contribution in [0.5, 0.6) is 0 Å². The van der Waals surface area contributed by atoms with E-state index >= 15 is 0 Å². The highest BCUT2D eigenvalue weighted by atomic mass is 16.2. The third kappa shape index (κ3) is 5.30. The number of nitrogens with two attached hydrogens (primary N) is 1. The van der Waals surface area contributed by atoms with Crippen molar-refractivity contribution in [2.45, 2.75) is 19.9 Å². The van der Waals surface area contributed by atoms with Crippen LogP contribution in [-0.2, 0) is 14.4 Å². The van der Waals surface area contributed by atoms with Crippen molar-refractivity contribution >= 4 is 17.7 Å². The Labute approximate surface area is 94.1 Å². The fourth-order valence-corrected chi connectivity index (χ4v) is 0.921. The van der Waals surface area contributed by atoms with E-state index in [1.54, 1.807) is 6.92 Å². The molecule has 0 spiro atoms. The molecule has 0 bridgehead atoms. The van der Waals surface area contributed by atoms with Crippen LogP contribution < -0.4 is 21.7 Å². The Morgan fingerprint density at radius 1 is 1.19 bits per heavy atom. The molecule has 16 heavy (non-hydrogen) atoms. The first-order chi connectivity index (χ1) is 7.52. The van der Waals surface area contributed by atoms with E-state index in [1.807, 2.05) is 0 Å². The minimum Gasteiger partial charge on any atom is -0.355 e. The maximum absolute atomic E-state index is 11.2. The van der Waals surface area contributed by atoms with Crippen LogP contribution >= 0.6 is 0 Å². The second-order valence-corrected chi connectivity index (χ2v) is 3.13. The molecule has 3 amide bonds. The van der Waals surface area contributed by atoms with E-state index in [4.69, 9.17) is 5.73 Å². The van der Waals surface area contributed by atoms with Crippen LogP contribution in [0, 0.1) is 0 Å². The monoisotopic (exact) mass is 230 g/mol. The lowest BCUT2D eigenvalue weighted by molar-refractivity contribution is -0.140. The summed E-state index contributed by atoms with van der Waals surface area (Å²) < 4.78 is 0. The van der Waals surface area contributed by atoms with Crippen LogP contribution in [0.15, 0.2) is 0 Å². The number of hydrogen-bond acceptors (Lipinski definition) is 4. The normalized spacial score (nSPS) is 11.4. The van der Waals surface area contributed by atoms with E-state index < -0.39 is 17.9 Å². The van der Waals surface area contributed by atoms with E-state index in [1.165, 1.54) is 6.92 Å². The van der Waals surface area contributed by atoms with Gasteiger partial charge in [0, 0.05) is 19.6 Å². The van der Waals surface area contributed by atoms with Crippen LogP contribution in [0.2, 0.25) is 0 Å². The second-order valence-electron chi connectivity index (χ2n) is 3.13. The van der Waals surface area contributed by atoms with Crippen LogP contribution in [0.3, 0.4) is 0 Å². The molecule has 1 unspecified atom stereocenters. The Hall–Kier alpha value is -1.63. The van der Waals surface area contributed by atoms with E-state index in [9.17, 15) is 14.4 Å². The zero-order valence-electron chi connectivity index (χ0n) is 9.50. The van der Waals surface area contributed by atoms with Crippen molar-refractivity contribution in [3.05, 3.63) is 0 Å². The minimum atomic E-state index is -0.841. The molecule has 0 radical (unpaired) electrons. The number of carbonyl (C=O) groups excluding carboxylic acids is 3. The molecule has 7 heteroatoms. The Morgan fingerprint density at radius 3 is 2.31 bits per heavy atom. The molecule has 0 aromatic heterocycles. The number of nitrogens with one attached hydrogen (secondary N) is 3. The van der Waals surface area contributed by atoms with Gasteiger partial charge in [-0.1, -0.05) is 0 Å². The fourth-order valence-electron chi connectivity index (χ4n) is 0.921. The van der Waals surface area contributed by atoms with Crippen molar-refractivity contribution in [1.29, 1.82) is 0 Å². The van der Waals surface area contributed by atoms with E-state index in [2.05, 4.69) is 16.0 Å². The van der Waals surface area contributed by atoms with Gasteiger partial charge in [0.1, 0.15) is 6.04 Å². The molecule has 0 aromatic rings. The van der Waals surface area contributed by atoms with Gasteiger partial charge in [-0.15, -0.1) is 0 Å². The van der Waals surface area contributed by atoms with Crippen molar-refractivity contribution in [2.75, 3.05) is 19.6 Å². The summed E-state index contributed by atoms with van der Waals surface area (Å²) in [4.78, 5) is 33.6. The number of rotatable bonds is 5. The van der Waals surface area contributed by atoms with E-state index in [0.717, 1.165) is 0 Å². The first kappa shape index (κ1) is 14.4. The Kier molecular flexibility index (Phi) is 6.86. The molecule has 0 aliphatic rings. The molecule has 0 fully saturated rings. The lowest BCUT2D eigenvalue weighted by Gasteiger charge is -2.12. The zero-order chi connectivity index (χ0) is 12.6. The zero-order valence-corrected chi connectivity index (χ0v) is 9.50. The minimum absolute atomic E-state index is 0.224. The standard InChI is InChI=1S/C9H18N4O3/c1-3-11-7(14)6(2)13-9(16)8(15)12-5-4-10/h6H,3-5,10H2,1-2H3,(H,11,14)(H,12,15)(H,13,16). The second kappa shape index (κ2) is 7.63. The lowest BCUT2D eigenvalue weighted by Crippen LogP contribution is -2.50. The van der Waals surface area contributed by atoms with Crippen molar-refractivity contribution in [3.8, 4) is 0 Å². The first-order valence-corrected chi connectivity index (χ1v) is 5.09. The van der Waals surface area contributed by atoms with E-state index in [-0.39, 0.29) is 19.0 Å². The molecule has 0 saturated carbocycles. The summed E-state index contributed by atoms with van der Waals surface area (Å²) >= 11 is 0.